The van der Waals surface area contributed by atoms with E-state index in [1.54, 1.807) is 6.07 Å². The quantitative estimate of drug-likeness (QED) is 0.783. The normalized spacial score (nSPS) is 15.4. The van der Waals surface area contributed by atoms with Crippen LogP contribution in [0.2, 0.25) is 0 Å². The summed E-state index contributed by atoms with van der Waals surface area (Å²) in [5.74, 6) is -1.73. The van der Waals surface area contributed by atoms with Crippen molar-refractivity contribution >= 4 is 16.9 Å². The molecule has 122 valence electrons. The van der Waals surface area contributed by atoms with Crippen LogP contribution in [-0.2, 0) is 19.3 Å². The standard InChI is InChI=1S/C17H18O6/c18-8-10(19)6-12-11-4-2-1-3-9(11)5-13-14(20)7-15(17(21)22)23-16(12)13/h5,7,10,18-19H,1-4,6,8H2,(H,21,22). The molecule has 6 heteroatoms. The second-order valence-corrected chi connectivity index (χ2v) is 5.90. The lowest BCUT2D eigenvalue weighted by Crippen LogP contribution is -2.19. The molecule has 1 aromatic carbocycles. The number of carboxylic acid groups (broad SMARTS) is 1. The maximum absolute atomic E-state index is 12.3. The molecule has 0 saturated carbocycles. The number of benzene rings is 1. The van der Waals surface area contributed by atoms with E-state index < -0.39 is 29.9 Å². The molecule has 0 radical (unpaired) electrons. The SMILES string of the molecule is O=C(O)c1cc(=O)c2cc3c(c(CC(O)CO)c2o1)CCCC3. The van der Waals surface area contributed by atoms with Crippen LogP contribution in [0.15, 0.2) is 21.3 Å². The fraction of sp³-hybridized carbons (Fsp3) is 0.412. The topological polar surface area (TPSA) is 108 Å². The lowest BCUT2D eigenvalue weighted by Gasteiger charge is -2.22. The molecule has 23 heavy (non-hydrogen) atoms. The number of aliphatic hydroxyl groups excluding tert-OH is 2. The van der Waals surface area contributed by atoms with Crippen LogP contribution in [0.3, 0.4) is 0 Å². The predicted octanol–water partition coefficient (Wildman–Crippen LogP) is 1.27. The molecule has 3 rings (SSSR count). The molecule has 0 amide bonds. The van der Waals surface area contributed by atoms with Crippen LogP contribution in [0.5, 0.6) is 0 Å². The molecule has 2 aromatic rings. The maximum atomic E-state index is 12.3. The summed E-state index contributed by atoms with van der Waals surface area (Å²) < 4.78 is 5.45. The Labute approximate surface area is 132 Å². The molecular formula is C17H18O6. The number of aliphatic hydroxyl groups is 2. The number of hydrogen-bond donors (Lipinski definition) is 3. The van der Waals surface area contributed by atoms with Gasteiger partial charge >= 0.3 is 5.97 Å². The van der Waals surface area contributed by atoms with E-state index in [9.17, 15) is 14.7 Å². The Balaban J connectivity index is 2.32. The van der Waals surface area contributed by atoms with Gasteiger partial charge in [-0.25, -0.2) is 4.79 Å². The van der Waals surface area contributed by atoms with Crippen molar-refractivity contribution in [1.29, 1.82) is 0 Å². The van der Waals surface area contributed by atoms with Crippen molar-refractivity contribution in [1.82, 2.24) is 0 Å². The molecule has 0 bridgehead atoms. The fourth-order valence-electron chi connectivity index (χ4n) is 3.23. The Morgan fingerprint density at radius 3 is 2.70 bits per heavy atom. The Bertz CT molecular complexity index is 820. The van der Waals surface area contributed by atoms with Crippen molar-refractivity contribution in [2.75, 3.05) is 6.61 Å². The van der Waals surface area contributed by atoms with E-state index in [0.717, 1.165) is 42.9 Å². The van der Waals surface area contributed by atoms with Gasteiger partial charge in [0.2, 0.25) is 5.76 Å². The molecule has 1 aromatic heterocycles. The molecule has 1 aliphatic rings. The number of carboxylic acids is 1. The first-order valence-electron chi connectivity index (χ1n) is 7.65. The summed E-state index contributed by atoms with van der Waals surface area (Å²) in [6.45, 7) is -0.409. The lowest BCUT2D eigenvalue weighted by atomic mass is 9.85. The highest BCUT2D eigenvalue weighted by molar-refractivity contribution is 5.89. The first-order chi connectivity index (χ1) is 11.0. The number of aryl methyl sites for hydroxylation is 1. The molecule has 1 heterocycles. The average molecular weight is 318 g/mol. The molecule has 0 fully saturated rings. The first kappa shape index (κ1) is 15.7. The number of fused-ring (bicyclic) bond motifs is 2. The summed E-state index contributed by atoms with van der Waals surface area (Å²) >= 11 is 0. The van der Waals surface area contributed by atoms with Crippen LogP contribution in [0, 0.1) is 0 Å². The van der Waals surface area contributed by atoms with Crippen molar-refractivity contribution in [3.05, 3.63) is 44.8 Å². The molecule has 1 aliphatic carbocycles. The van der Waals surface area contributed by atoms with Crippen molar-refractivity contribution in [3.63, 3.8) is 0 Å². The van der Waals surface area contributed by atoms with Gasteiger partial charge in [0.15, 0.2) is 5.43 Å². The Hall–Kier alpha value is -2.18. The van der Waals surface area contributed by atoms with E-state index in [1.165, 1.54) is 0 Å². The van der Waals surface area contributed by atoms with E-state index in [0.29, 0.717) is 10.9 Å². The average Bonchev–Trinajstić information content (AvgIpc) is 2.54. The molecule has 0 aliphatic heterocycles. The molecule has 3 N–H and O–H groups in total. The van der Waals surface area contributed by atoms with Crippen LogP contribution >= 0.6 is 0 Å². The summed E-state index contributed by atoms with van der Waals surface area (Å²) in [4.78, 5) is 23.4. The van der Waals surface area contributed by atoms with Crippen molar-refractivity contribution in [2.24, 2.45) is 0 Å². The van der Waals surface area contributed by atoms with Gasteiger partial charge in [-0.2, -0.15) is 0 Å². The van der Waals surface area contributed by atoms with Gasteiger partial charge in [-0.3, -0.25) is 4.79 Å². The van der Waals surface area contributed by atoms with E-state index >= 15 is 0 Å². The highest BCUT2D eigenvalue weighted by Gasteiger charge is 2.22. The number of aromatic carboxylic acids is 1. The third-order valence-electron chi connectivity index (χ3n) is 4.31. The van der Waals surface area contributed by atoms with E-state index in [2.05, 4.69) is 0 Å². The van der Waals surface area contributed by atoms with Crippen LogP contribution in [-0.4, -0.2) is 34.0 Å². The third kappa shape index (κ3) is 2.87. The largest absolute Gasteiger partial charge is 0.475 e. The zero-order chi connectivity index (χ0) is 16.6. The molecule has 6 nitrogen and oxygen atoms in total. The summed E-state index contributed by atoms with van der Waals surface area (Å²) in [6, 6.07) is 2.75. The summed E-state index contributed by atoms with van der Waals surface area (Å²) in [6.07, 6.45) is 2.79. The van der Waals surface area contributed by atoms with Crippen LogP contribution in [0.4, 0.5) is 0 Å². The van der Waals surface area contributed by atoms with Crippen molar-refractivity contribution in [2.45, 2.75) is 38.2 Å². The summed E-state index contributed by atoms with van der Waals surface area (Å²) in [5, 5.41) is 28.4. The van der Waals surface area contributed by atoms with Crippen LogP contribution in [0.1, 0.15) is 40.1 Å². The van der Waals surface area contributed by atoms with Gasteiger partial charge < -0.3 is 19.7 Å². The number of rotatable bonds is 4. The molecule has 1 unspecified atom stereocenters. The van der Waals surface area contributed by atoms with Crippen LogP contribution < -0.4 is 5.43 Å². The highest BCUT2D eigenvalue weighted by Crippen LogP contribution is 2.31. The second-order valence-electron chi connectivity index (χ2n) is 5.90. The Morgan fingerprint density at radius 1 is 1.26 bits per heavy atom. The fourth-order valence-corrected chi connectivity index (χ4v) is 3.23. The summed E-state index contributed by atoms with van der Waals surface area (Å²) in [7, 11) is 0. The van der Waals surface area contributed by atoms with Gasteiger partial charge in [-0.1, -0.05) is 0 Å². The molecule has 0 spiro atoms. The zero-order valence-corrected chi connectivity index (χ0v) is 12.5. The van der Waals surface area contributed by atoms with E-state index in [-0.39, 0.29) is 12.0 Å². The number of hydrogen-bond acceptors (Lipinski definition) is 5. The summed E-state index contributed by atoms with van der Waals surface area (Å²) in [5.41, 5.74) is 2.49. The van der Waals surface area contributed by atoms with Gasteiger partial charge in [0.05, 0.1) is 18.1 Å². The van der Waals surface area contributed by atoms with Crippen molar-refractivity contribution < 1.29 is 24.5 Å². The predicted molar refractivity (Wildman–Crippen MR) is 82.9 cm³/mol. The monoisotopic (exact) mass is 318 g/mol. The van der Waals surface area contributed by atoms with Gasteiger partial charge in [0, 0.05) is 18.1 Å². The van der Waals surface area contributed by atoms with Gasteiger partial charge in [-0.05, 0) is 42.9 Å². The second kappa shape index (κ2) is 6.14. The molecule has 0 saturated heterocycles. The minimum absolute atomic E-state index is 0.127. The highest BCUT2D eigenvalue weighted by atomic mass is 16.4. The zero-order valence-electron chi connectivity index (χ0n) is 12.5. The Morgan fingerprint density at radius 2 is 2.00 bits per heavy atom. The van der Waals surface area contributed by atoms with Crippen molar-refractivity contribution in [3.8, 4) is 0 Å². The minimum atomic E-state index is -1.31. The van der Waals surface area contributed by atoms with Gasteiger partial charge in [0.25, 0.3) is 0 Å². The van der Waals surface area contributed by atoms with Crippen LogP contribution in [0.25, 0.3) is 11.0 Å². The van der Waals surface area contributed by atoms with Gasteiger partial charge in [0.1, 0.15) is 5.58 Å². The molecule has 1 atom stereocenters. The number of carbonyl (C=O) groups is 1. The smallest absolute Gasteiger partial charge is 0.371 e. The van der Waals surface area contributed by atoms with Gasteiger partial charge in [-0.15, -0.1) is 0 Å². The molecular weight excluding hydrogens is 300 g/mol. The maximum Gasteiger partial charge on any atom is 0.371 e. The third-order valence-corrected chi connectivity index (χ3v) is 4.31. The minimum Gasteiger partial charge on any atom is -0.475 e. The van der Waals surface area contributed by atoms with E-state index in [1.807, 2.05) is 0 Å². The first-order valence-corrected chi connectivity index (χ1v) is 7.65. The lowest BCUT2D eigenvalue weighted by molar-refractivity contribution is 0.0662. The van der Waals surface area contributed by atoms with E-state index in [4.69, 9.17) is 14.6 Å². The Kier molecular flexibility index (Phi) is 4.19.